The van der Waals surface area contributed by atoms with E-state index in [2.05, 4.69) is 0 Å². The second kappa shape index (κ2) is 9.03. The largest absolute Gasteiger partial charge is 0.435 e. The summed E-state index contributed by atoms with van der Waals surface area (Å²) in [6.45, 7) is 2.35. The fraction of sp³-hybridized carbons (Fsp3) is 0.250. The van der Waals surface area contributed by atoms with Gasteiger partial charge in [-0.05, 0) is 54.8 Å². The maximum atomic E-state index is 14.4. The lowest BCUT2D eigenvalue weighted by atomic mass is 9.88. The number of nitrogens with zero attached hydrogens (tertiary/aromatic N) is 1. The number of anilines is 1. The Morgan fingerprint density at radius 2 is 1.45 bits per heavy atom. The molecule has 0 radical (unpaired) electrons. The van der Waals surface area contributed by atoms with Crippen molar-refractivity contribution >= 4 is 39.8 Å². The highest BCUT2D eigenvalue weighted by molar-refractivity contribution is 6.68. The van der Waals surface area contributed by atoms with Crippen molar-refractivity contribution in [2.75, 3.05) is 5.01 Å². The standard InChI is InChI=1S/C20H16Cl2F7N3O/c1-9-5-11(18(23,19(24,25)26)20(27,28)29)6-10(2)16(9)15(30)8-32(31)12-3-4-14(21)13(7-12)17(22)33/h3-8H,30-31H2,1-2H3. The van der Waals surface area contributed by atoms with Crippen LogP contribution in [-0.2, 0) is 5.67 Å². The molecule has 0 aliphatic carbocycles. The third kappa shape index (κ3) is 5.04. The number of carbonyl (C=O) groups excluding carboxylic acids is 1. The van der Waals surface area contributed by atoms with Crippen LogP contribution >= 0.6 is 23.2 Å². The normalized spacial score (nSPS) is 13.3. The maximum Gasteiger partial charge on any atom is 0.435 e. The number of hydrazine groups is 1. The van der Waals surface area contributed by atoms with Crippen molar-refractivity contribution < 1.29 is 35.5 Å². The molecule has 13 heteroatoms. The molecule has 4 nitrogen and oxygen atoms in total. The number of benzene rings is 2. The zero-order valence-electron chi connectivity index (χ0n) is 16.9. The highest BCUT2D eigenvalue weighted by Crippen LogP contribution is 2.53. The van der Waals surface area contributed by atoms with Crippen molar-refractivity contribution in [2.45, 2.75) is 31.9 Å². The Balaban J connectivity index is 2.55. The van der Waals surface area contributed by atoms with Gasteiger partial charge in [0, 0.05) is 17.3 Å². The van der Waals surface area contributed by atoms with E-state index in [1.54, 1.807) is 0 Å². The molecular weight excluding hydrogens is 502 g/mol. The van der Waals surface area contributed by atoms with Gasteiger partial charge < -0.3 is 5.73 Å². The van der Waals surface area contributed by atoms with Crippen LogP contribution in [0, 0.1) is 13.8 Å². The average molecular weight is 518 g/mol. The Labute approximate surface area is 193 Å². The molecule has 0 saturated carbocycles. The van der Waals surface area contributed by atoms with E-state index in [4.69, 9.17) is 34.8 Å². The summed E-state index contributed by atoms with van der Waals surface area (Å²) in [4.78, 5) is 11.4. The predicted molar refractivity (Wildman–Crippen MR) is 111 cm³/mol. The predicted octanol–water partition coefficient (Wildman–Crippen LogP) is 6.26. The number of carbonyl (C=O) groups is 1. The van der Waals surface area contributed by atoms with Crippen molar-refractivity contribution in [3.05, 3.63) is 69.4 Å². The lowest BCUT2D eigenvalue weighted by Gasteiger charge is -2.31. The fourth-order valence-corrected chi connectivity index (χ4v) is 3.63. The first-order valence-corrected chi connectivity index (χ1v) is 9.62. The van der Waals surface area contributed by atoms with Crippen LogP contribution in [0.25, 0.3) is 5.70 Å². The van der Waals surface area contributed by atoms with E-state index >= 15 is 0 Å². The molecule has 0 aliphatic heterocycles. The first-order chi connectivity index (χ1) is 14.9. The third-order valence-corrected chi connectivity index (χ3v) is 5.27. The SMILES string of the molecule is Cc1cc(C(F)(C(F)(F)F)C(F)(F)F)cc(C)c1C(N)=CN(N)c1ccc(Cl)c(C(=O)Cl)c1. The van der Waals surface area contributed by atoms with Crippen LogP contribution in [0.2, 0.25) is 5.02 Å². The molecule has 0 bridgehead atoms. The van der Waals surface area contributed by atoms with Crippen molar-refractivity contribution in [3.8, 4) is 0 Å². The summed E-state index contributed by atoms with van der Waals surface area (Å²) in [5.41, 5.74) is -1.51. The number of hydrogen-bond acceptors (Lipinski definition) is 4. The van der Waals surface area contributed by atoms with Gasteiger partial charge in [0.05, 0.1) is 22.0 Å². The molecule has 0 fully saturated rings. The maximum absolute atomic E-state index is 14.4. The molecule has 2 aromatic carbocycles. The highest BCUT2D eigenvalue weighted by Gasteiger charge is 2.73. The minimum Gasteiger partial charge on any atom is -0.397 e. The van der Waals surface area contributed by atoms with Gasteiger partial charge in [-0.2, -0.15) is 26.3 Å². The fourth-order valence-electron chi connectivity index (χ4n) is 3.22. The summed E-state index contributed by atoms with van der Waals surface area (Å²) in [5.74, 6) is 5.89. The Kier molecular flexibility index (Phi) is 7.32. The molecule has 4 N–H and O–H groups in total. The smallest absolute Gasteiger partial charge is 0.397 e. The number of hydrogen-bond donors (Lipinski definition) is 2. The Hall–Kier alpha value is -2.50. The molecule has 0 heterocycles. The number of nitrogens with two attached hydrogens (primary N) is 2. The van der Waals surface area contributed by atoms with Gasteiger partial charge in [0.1, 0.15) is 0 Å². The molecule has 0 spiro atoms. The number of aryl methyl sites for hydroxylation is 2. The Morgan fingerprint density at radius 3 is 1.88 bits per heavy atom. The van der Waals surface area contributed by atoms with E-state index in [-0.39, 0.29) is 38.7 Å². The lowest BCUT2D eigenvalue weighted by molar-refractivity contribution is -0.348. The summed E-state index contributed by atoms with van der Waals surface area (Å²) in [6.07, 6.45) is -11.4. The van der Waals surface area contributed by atoms with E-state index < -0.39 is 28.8 Å². The van der Waals surface area contributed by atoms with Crippen LogP contribution in [0.5, 0.6) is 0 Å². The molecule has 0 aliphatic rings. The third-order valence-electron chi connectivity index (χ3n) is 4.74. The molecule has 0 saturated heterocycles. The van der Waals surface area contributed by atoms with Crippen LogP contribution in [-0.4, -0.2) is 17.6 Å². The van der Waals surface area contributed by atoms with Gasteiger partial charge in [-0.1, -0.05) is 23.7 Å². The zero-order valence-corrected chi connectivity index (χ0v) is 18.4. The average Bonchev–Trinajstić information content (AvgIpc) is 2.64. The van der Waals surface area contributed by atoms with Gasteiger partial charge in [0.15, 0.2) is 0 Å². The highest BCUT2D eigenvalue weighted by atomic mass is 35.5. The summed E-state index contributed by atoms with van der Waals surface area (Å²) < 4.78 is 93.0. The van der Waals surface area contributed by atoms with E-state index in [0.29, 0.717) is 12.1 Å². The van der Waals surface area contributed by atoms with Crippen LogP contribution in [0.1, 0.15) is 32.6 Å². The van der Waals surface area contributed by atoms with Gasteiger partial charge in [-0.3, -0.25) is 9.80 Å². The molecule has 2 aromatic rings. The monoisotopic (exact) mass is 517 g/mol. The molecule has 0 unspecified atom stereocenters. The van der Waals surface area contributed by atoms with Crippen LogP contribution in [0.4, 0.5) is 36.4 Å². The van der Waals surface area contributed by atoms with Gasteiger partial charge in [0.2, 0.25) is 0 Å². The van der Waals surface area contributed by atoms with E-state index in [9.17, 15) is 35.5 Å². The molecule has 0 amide bonds. The zero-order chi connectivity index (χ0) is 25.5. The summed E-state index contributed by atoms with van der Waals surface area (Å²) in [6, 6.07) is 4.84. The topological polar surface area (TPSA) is 72.3 Å². The molecule has 0 aromatic heterocycles. The molecule has 180 valence electrons. The Bertz CT molecular complexity index is 1080. The number of rotatable bonds is 5. The molecule has 2 rings (SSSR count). The summed E-state index contributed by atoms with van der Waals surface area (Å²) in [5, 5.41) is 0.126. The number of alkyl halides is 7. The quantitative estimate of drug-likeness (QED) is 0.212. The van der Waals surface area contributed by atoms with Gasteiger partial charge in [-0.25, -0.2) is 10.2 Å². The second-order valence-corrected chi connectivity index (χ2v) is 7.82. The van der Waals surface area contributed by atoms with Crippen LogP contribution in [0.3, 0.4) is 0 Å². The van der Waals surface area contributed by atoms with Crippen molar-refractivity contribution in [3.63, 3.8) is 0 Å². The van der Waals surface area contributed by atoms with Gasteiger partial charge >= 0.3 is 18.0 Å². The molecule has 33 heavy (non-hydrogen) atoms. The number of halogens is 9. The Morgan fingerprint density at radius 1 is 0.970 bits per heavy atom. The lowest BCUT2D eigenvalue weighted by Crippen LogP contribution is -2.50. The van der Waals surface area contributed by atoms with E-state index in [1.807, 2.05) is 0 Å². The first-order valence-electron chi connectivity index (χ1n) is 8.87. The summed E-state index contributed by atoms with van der Waals surface area (Å²) in [7, 11) is 0. The van der Waals surface area contributed by atoms with Crippen molar-refractivity contribution in [1.29, 1.82) is 0 Å². The minimum absolute atomic E-state index is 0.0449. The minimum atomic E-state index is -6.24. The van der Waals surface area contributed by atoms with Gasteiger partial charge in [-0.15, -0.1) is 0 Å². The molecule has 0 atom stereocenters. The summed E-state index contributed by atoms with van der Waals surface area (Å²) >= 11 is 11.3. The van der Waals surface area contributed by atoms with Crippen molar-refractivity contribution in [2.24, 2.45) is 11.6 Å². The van der Waals surface area contributed by atoms with Crippen molar-refractivity contribution in [1.82, 2.24) is 0 Å². The van der Waals surface area contributed by atoms with E-state index in [0.717, 1.165) is 11.2 Å². The first kappa shape index (κ1) is 26.7. The second-order valence-electron chi connectivity index (χ2n) is 7.07. The van der Waals surface area contributed by atoms with Crippen LogP contribution < -0.4 is 16.6 Å². The van der Waals surface area contributed by atoms with E-state index in [1.165, 1.54) is 32.0 Å². The molecular formula is C20H16Cl2F7N3O. The van der Waals surface area contributed by atoms with Gasteiger partial charge in [0.25, 0.3) is 5.24 Å². The van der Waals surface area contributed by atoms with Crippen LogP contribution in [0.15, 0.2) is 36.5 Å².